The smallest absolute Gasteiger partial charge is 0.327 e. The van der Waals surface area contributed by atoms with E-state index in [1.165, 1.54) is 0 Å². The van der Waals surface area contributed by atoms with E-state index in [1.807, 2.05) is 6.92 Å². The van der Waals surface area contributed by atoms with Gasteiger partial charge in [0.25, 0.3) is 5.56 Å². The lowest BCUT2D eigenvalue weighted by atomic mass is 10.4. The van der Waals surface area contributed by atoms with Crippen LogP contribution in [0.25, 0.3) is 5.52 Å². The maximum atomic E-state index is 12.1. The van der Waals surface area contributed by atoms with E-state index >= 15 is 0 Å². The molecule has 2 heterocycles. The maximum absolute atomic E-state index is 12.1. The van der Waals surface area contributed by atoms with Crippen molar-refractivity contribution in [2.24, 2.45) is 0 Å². The SMILES string of the molecule is CCOC(=O)Cn1nc(CC)n2cccc2c1=O. The van der Waals surface area contributed by atoms with Crippen LogP contribution in [0.15, 0.2) is 23.1 Å². The molecule has 0 amide bonds. The van der Waals surface area contributed by atoms with Crippen molar-refractivity contribution in [1.82, 2.24) is 14.2 Å². The van der Waals surface area contributed by atoms with Gasteiger partial charge in [0, 0.05) is 12.6 Å². The molecular weight excluding hydrogens is 234 g/mol. The standard InChI is InChI=1S/C12H15N3O3/c1-3-10-13-15(8-11(16)18-4-2)12(17)9-6-5-7-14(9)10/h5-7H,3-4,8H2,1-2H3. The van der Waals surface area contributed by atoms with Crippen molar-refractivity contribution in [3.63, 3.8) is 0 Å². The minimum Gasteiger partial charge on any atom is -0.465 e. The number of nitrogens with zero attached hydrogens (tertiary/aromatic N) is 3. The first-order valence-corrected chi connectivity index (χ1v) is 5.90. The van der Waals surface area contributed by atoms with Crippen molar-refractivity contribution in [3.8, 4) is 0 Å². The number of carbonyl (C=O) groups excluding carboxylic acids is 1. The highest BCUT2D eigenvalue weighted by Gasteiger charge is 2.11. The van der Waals surface area contributed by atoms with E-state index in [1.54, 1.807) is 29.7 Å². The molecule has 0 saturated carbocycles. The lowest BCUT2D eigenvalue weighted by Gasteiger charge is -2.08. The number of ether oxygens (including phenoxy) is 1. The minimum atomic E-state index is -0.454. The van der Waals surface area contributed by atoms with Crippen molar-refractivity contribution in [2.45, 2.75) is 26.8 Å². The molecule has 2 aromatic heterocycles. The molecule has 0 saturated heterocycles. The number of hydrogen-bond donors (Lipinski definition) is 0. The zero-order valence-corrected chi connectivity index (χ0v) is 10.4. The fourth-order valence-corrected chi connectivity index (χ4v) is 1.82. The van der Waals surface area contributed by atoms with E-state index in [9.17, 15) is 9.59 Å². The summed E-state index contributed by atoms with van der Waals surface area (Å²) in [6, 6.07) is 3.50. The van der Waals surface area contributed by atoms with Gasteiger partial charge in [-0.25, -0.2) is 4.68 Å². The van der Waals surface area contributed by atoms with E-state index in [2.05, 4.69) is 5.10 Å². The van der Waals surface area contributed by atoms with Gasteiger partial charge < -0.3 is 4.74 Å². The van der Waals surface area contributed by atoms with Crippen molar-refractivity contribution in [1.29, 1.82) is 0 Å². The molecule has 0 spiro atoms. The number of carbonyl (C=O) groups is 1. The number of aryl methyl sites for hydroxylation is 1. The van der Waals surface area contributed by atoms with Crippen LogP contribution >= 0.6 is 0 Å². The summed E-state index contributed by atoms with van der Waals surface area (Å²) in [6.07, 6.45) is 2.46. The highest BCUT2D eigenvalue weighted by molar-refractivity contribution is 5.69. The van der Waals surface area contributed by atoms with Crippen LogP contribution in [0.1, 0.15) is 19.7 Å². The first-order valence-electron chi connectivity index (χ1n) is 5.90. The number of esters is 1. The number of rotatable bonds is 4. The Kier molecular flexibility index (Phi) is 3.45. The molecule has 0 unspecified atom stereocenters. The van der Waals surface area contributed by atoms with Gasteiger partial charge >= 0.3 is 5.97 Å². The molecule has 2 aromatic rings. The quantitative estimate of drug-likeness (QED) is 0.745. The van der Waals surface area contributed by atoms with Crippen LogP contribution in [0.2, 0.25) is 0 Å². The Morgan fingerprint density at radius 1 is 1.44 bits per heavy atom. The van der Waals surface area contributed by atoms with Crippen molar-refractivity contribution in [3.05, 3.63) is 34.5 Å². The van der Waals surface area contributed by atoms with Gasteiger partial charge in [0.05, 0.1) is 6.61 Å². The van der Waals surface area contributed by atoms with Crippen LogP contribution in [0, 0.1) is 0 Å². The summed E-state index contributed by atoms with van der Waals surface area (Å²) in [6.45, 7) is 3.81. The van der Waals surface area contributed by atoms with E-state index in [4.69, 9.17) is 4.74 Å². The van der Waals surface area contributed by atoms with Crippen LogP contribution in [0.5, 0.6) is 0 Å². The minimum absolute atomic E-state index is 0.151. The lowest BCUT2D eigenvalue weighted by molar-refractivity contribution is -0.144. The van der Waals surface area contributed by atoms with Gasteiger partial charge in [-0.15, -0.1) is 0 Å². The Morgan fingerprint density at radius 3 is 2.89 bits per heavy atom. The molecule has 0 N–H and O–H groups in total. The van der Waals surface area contributed by atoms with Gasteiger partial charge in [-0.05, 0) is 19.1 Å². The van der Waals surface area contributed by atoms with Crippen molar-refractivity contribution in [2.75, 3.05) is 6.61 Å². The van der Waals surface area contributed by atoms with Gasteiger partial charge in [-0.3, -0.25) is 14.0 Å². The zero-order chi connectivity index (χ0) is 13.1. The molecule has 0 aromatic carbocycles. The number of hydrogen-bond acceptors (Lipinski definition) is 4. The summed E-state index contributed by atoms with van der Waals surface area (Å²) in [4.78, 5) is 23.5. The van der Waals surface area contributed by atoms with Crippen LogP contribution in [0.3, 0.4) is 0 Å². The molecule has 2 rings (SSSR count). The first kappa shape index (κ1) is 12.3. The fourth-order valence-electron chi connectivity index (χ4n) is 1.82. The maximum Gasteiger partial charge on any atom is 0.327 e. The predicted octanol–water partition coefficient (Wildman–Crippen LogP) is 0.621. The molecule has 18 heavy (non-hydrogen) atoms. The van der Waals surface area contributed by atoms with Gasteiger partial charge in [0.2, 0.25) is 0 Å². The molecule has 96 valence electrons. The van der Waals surface area contributed by atoms with E-state index < -0.39 is 5.97 Å². The second-order valence-corrected chi connectivity index (χ2v) is 3.80. The number of fused-ring (bicyclic) bond motifs is 1. The topological polar surface area (TPSA) is 65.6 Å². The molecule has 0 fully saturated rings. The Labute approximate surface area is 104 Å². The molecule has 0 atom stereocenters. The number of aromatic nitrogens is 3. The summed E-state index contributed by atoms with van der Waals surface area (Å²) in [7, 11) is 0. The summed E-state index contributed by atoms with van der Waals surface area (Å²) >= 11 is 0. The van der Waals surface area contributed by atoms with Crippen LogP contribution in [-0.2, 0) is 22.5 Å². The second kappa shape index (κ2) is 5.03. The van der Waals surface area contributed by atoms with E-state index in [0.29, 0.717) is 18.5 Å². The summed E-state index contributed by atoms with van der Waals surface area (Å²) in [5, 5.41) is 4.18. The Bertz CT molecular complexity index is 627. The van der Waals surface area contributed by atoms with Gasteiger partial charge in [0.1, 0.15) is 17.9 Å². The average Bonchev–Trinajstić information content (AvgIpc) is 2.82. The highest BCUT2D eigenvalue weighted by Crippen LogP contribution is 2.02. The van der Waals surface area contributed by atoms with Crippen molar-refractivity contribution >= 4 is 11.5 Å². The molecule has 0 bridgehead atoms. The third kappa shape index (κ3) is 2.13. The zero-order valence-electron chi connectivity index (χ0n) is 10.4. The van der Waals surface area contributed by atoms with Crippen molar-refractivity contribution < 1.29 is 9.53 Å². The monoisotopic (exact) mass is 249 g/mol. The lowest BCUT2D eigenvalue weighted by Crippen LogP contribution is -2.30. The summed E-state index contributed by atoms with van der Waals surface area (Å²) < 4.78 is 7.72. The molecule has 6 heteroatoms. The largest absolute Gasteiger partial charge is 0.465 e. The van der Waals surface area contributed by atoms with Gasteiger partial charge in [-0.2, -0.15) is 5.10 Å². The third-order valence-corrected chi connectivity index (χ3v) is 2.62. The normalized spacial score (nSPS) is 10.8. The summed E-state index contributed by atoms with van der Waals surface area (Å²) in [5.41, 5.74) is 0.233. The highest BCUT2D eigenvalue weighted by atomic mass is 16.5. The Hall–Kier alpha value is -2.11. The second-order valence-electron chi connectivity index (χ2n) is 3.80. The molecule has 0 aliphatic heterocycles. The van der Waals surface area contributed by atoms with Crippen LogP contribution in [-0.4, -0.2) is 26.8 Å². The average molecular weight is 249 g/mol. The predicted molar refractivity (Wildman–Crippen MR) is 65.5 cm³/mol. The van der Waals surface area contributed by atoms with E-state index in [-0.39, 0.29) is 12.1 Å². The van der Waals surface area contributed by atoms with E-state index in [0.717, 1.165) is 10.5 Å². The molecule has 0 radical (unpaired) electrons. The molecule has 0 aliphatic rings. The van der Waals surface area contributed by atoms with Gasteiger partial charge in [-0.1, -0.05) is 6.92 Å². The van der Waals surface area contributed by atoms with Crippen LogP contribution in [0.4, 0.5) is 0 Å². The first-order chi connectivity index (χ1) is 8.67. The molecule has 0 aliphatic carbocycles. The fraction of sp³-hybridized carbons (Fsp3) is 0.417. The Morgan fingerprint density at radius 2 is 2.22 bits per heavy atom. The third-order valence-electron chi connectivity index (χ3n) is 2.62. The summed E-state index contributed by atoms with van der Waals surface area (Å²) in [5.74, 6) is 0.281. The molecule has 6 nitrogen and oxygen atoms in total. The Balaban J connectivity index is 2.47. The van der Waals surface area contributed by atoms with Gasteiger partial charge in [0.15, 0.2) is 0 Å². The molecular formula is C12H15N3O3. The van der Waals surface area contributed by atoms with Crippen LogP contribution < -0.4 is 5.56 Å².